The van der Waals surface area contributed by atoms with Gasteiger partial charge in [0.05, 0.1) is 6.42 Å². The number of phenolic OH excluding ortho intramolecular Hbond substituents is 1. The molecule has 2 unspecified atom stereocenters. The van der Waals surface area contributed by atoms with Crippen LogP contribution in [0.1, 0.15) is 24.8 Å². The number of ether oxygens (including phenoxy) is 1. The molecule has 3 rings (SSSR count). The smallest absolute Gasteiger partial charge is 0.252 e. The zero-order valence-electron chi connectivity index (χ0n) is 13.1. The molecule has 7 nitrogen and oxygen atoms in total. The molecule has 0 aromatic heterocycles. The van der Waals surface area contributed by atoms with Crippen molar-refractivity contribution >= 4 is 17.6 Å². The Hall–Kier alpha value is -2.41. The predicted molar refractivity (Wildman–Crippen MR) is 83.7 cm³/mol. The minimum Gasteiger partial charge on any atom is -0.508 e. The van der Waals surface area contributed by atoms with Gasteiger partial charge in [0.1, 0.15) is 17.9 Å². The Balaban J connectivity index is 1.72. The van der Waals surface area contributed by atoms with Gasteiger partial charge < -0.3 is 20.9 Å². The van der Waals surface area contributed by atoms with Gasteiger partial charge in [-0.3, -0.25) is 14.4 Å². The largest absolute Gasteiger partial charge is 0.508 e. The van der Waals surface area contributed by atoms with Gasteiger partial charge in [-0.2, -0.15) is 0 Å². The average molecular weight is 331 g/mol. The quantitative estimate of drug-likeness (QED) is 0.702. The number of Topliss-reactive ketones (excluding diaryl/α,β-unsaturated/α-hetero) is 1. The van der Waals surface area contributed by atoms with Crippen LogP contribution in [0.5, 0.6) is 5.75 Å². The van der Waals surface area contributed by atoms with Gasteiger partial charge in [-0.1, -0.05) is 12.1 Å². The summed E-state index contributed by atoms with van der Waals surface area (Å²) in [5.41, 5.74) is 3.41. The highest BCUT2D eigenvalue weighted by molar-refractivity contribution is 6.06. The maximum atomic E-state index is 12.3. The molecule has 0 bridgehead atoms. The first-order chi connectivity index (χ1) is 11.4. The van der Waals surface area contributed by atoms with Gasteiger partial charge in [-0.15, -0.1) is 0 Å². The molecule has 2 atom stereocenters. The fourth-order valence-electron chi connectivity index (χ4n) is 3.68. The molecule has 1 aliphatic heterocycles. The van der Waals surface area contributed by atoms with Gasteiger partial charge in [0.2, 0.25) is 5.91 Å². The Kier molecular flexibility index (Phi) is 4.04. The van der Waals surface area contributed by atoms with E-state index in [0.717, 1.165) is 5.56 Å². The van der Waals surface area contributed by atoms with E-state index in [-0.39, 0.29) is 24.6 Å². The highest BCUT2D eigenvalue weighted by atomic mass is 16.5. The lowest BCUT2D eigenvalue weighted by molar-refractivity contribution is -0.144. The number of carbonyl (C=O) groups excluding carboxylic acids is 3. The summed E-state index contributed by atoms with van der Waals surface area (Å²) in [4.78, 5) is 36.6. The van der Waals surface area contributed by atoms with Crippen LogP contribution in [-0.4, -0.2) is 40.5 Å². The van der Waals surface area contributed by atoms with E-state index >= 15 is 0 Å². The fourth-order valence-corrected chi connectivity index (χ4v) is 3.68. The lowest BCUT2D eigenvalue weighted by atomic mass is 9.80. The van der Waals surface area contributed by atoms with Crippen molar-refractivity contribution in [1.29, 1.82) is 0 Å². The van der Waals surface area contributed by atoms with Crippen LogP contribution < -0.4 is 11.1 Å². The molecule has 2 amide bonds. The minimum absolute atomic E-state index is 0.114. The number of nitrogens with two attached hydrogens (primary N) is 1. The van der Waals surface area contributed by atoms with Crippen molar-refractivity contribution in [1.82, 2.24) is 5.32 Å². The van der Waals surface area contributed by atoms with E-state index in [1.165, 1.54) is 12.5 Å². The maximum Gasteiger partial charge on any atom is 0.252 e. The van der Waals surface area contributed by atoms with Crippen LogP contribution in [0.3, 0.4) is 0 Å². The molecule has 0 spiro atoms. The van der Waals surface area contributed by atoms with Crippen molar-refractivity contribution in [3.05, 3.63) is 36.2 Å². The summed E-state index contributed by atoms with van der Waals surface area (Å²) in [5.74, 6) is -1.40. The standard InChI is InChI=1S/C17H19N2O5/c18-15(23)17-8-2-7-16(17,13(21)10-24-17)19-14(22)6-5-11-3-1-4-12(20)9-11/h1,3-4,6,9,20H,2,5,7-8,10H2,(H2,18,23)(H,19,22). The van der Waals surface area contributed by atoms with E-state index in [9.17, 15) is 19.5 Å². The second-order valence-electron chi connectivity index (χ2n) is 6.23. The fraction of sp³-hybridized carbons (Fsp3) is 0.412. The van der Waals surface area contributed by atoms with E-state index in [1.54, 1.807) is 18.2 Å². The third-order valence-corrected chi connectivity index (χ3v) is 4.86. The third-order valence-electron chi connectivity index (χ3n) is 4.86. The predicted octanol–water partition coefficient (Wildman–Crippen LogP) is 0.00129. The van der Waals surface area contributed by atoms with E-state index < -0.39 is 23.0 Å². The van der Waals surface area contributed by atoms with Crippen molar-refractivity contribution in [3.8, 4) is 5.75 Å². The Morgan fingerprint density at radius 1 is 1.38 bits per heavy atom. The van der Waals surface area contributed by atoms with Gasteiger partial charge in [-0.25, -0.2) is 0 Å². The Morgan fingerprint density at radius 2 is 2.17 bits per heavy atom. The number of aromatic hydroxyl groups is 1. The summed E-state index contributed by atoms with van der Waals surface area (Å²) >= 11 is 0. The third kappa shape index (κ3) is 2.45. The molecule has 1 aromatic rings. The monoisotopic (exact) mass is 331 g/mol. The molecule has 127 valence electrons. The Bertz CT molecular complexity index is 704. The van der Waals surface area contributed by atoms with Crippen molar-refractivity contribution in [3.63, 3.8) is 0 Å². The van der Waals surface area contributed by atoms with E-state index in [0.29, 0.717) is 19.3 Å². The van der Waals surface area contributed by atoms with Crippen molar-refractivity contribution in [2.45, 2.75) is 36.8 Å². The normalized spacial score (nSPS) is 28.6. The number of carbonyl (C=O) groups is 3. The summed E-state index contributed by atoms with van der Waals surface area (Å²) in [6.07, 6.45) is 2.89. The molecule has 2 fully saturated rings. The lowest BCUT2D eigenvalue weighted by Gasteiger charge is -2.35. The summed E-state index contributed by atoms with van der Waals surface area (Å²) in [5, 5.41) is 12.1. The molecule has 2 aliphatic rings. The summed E-state index contributed by atoms with van der Waals surface area (Å²) in [7, 11) is 0. The first-order valence-corrected chi connectivity index (χ1v) is 7.80. The SMILES string of the molecule is NC(=O)C12CCCC1(NC(=O)[CH]Cc1cccc(O)c1)C(=O)CO2. The molecule has 1 aromatic carbocycles. The lowest BCUT2D eigenvalue weighted by Crippen LogP contribution is -2.66. The summed E-state index contributed by atoms with van der Waals surface area (Å²) in [6, 6.07) is 6.54. The number of hydrogen-bond acceptors (Lipinski definition) is 5. The maximum absolute atomic E-state index is 12.3. The molecule has 1 saturated heterocycles. The van der Waals surface area contributed by atoms with Crippen LogP contribution in [0.15, 0.2) is 24.3 Å². The van der Waals surface area contributed by atoms with Gasteiger partial charge in [-0.05, 0) is 43.4 Å². The highest BCUT2D eigenvalue weighted by Crippen LogP contribution is 2.46. The van der Waals surface area contributed by atoms with Crippen LogP contribution in [0.2, 0.25) is 0 Å². The number of rotatable bonds is 5. The van der Waals surface area contributed by atoms with Gasteiger partial charge in [0.25, 0.3) is 5.91 Å². The molecule has 24 heavy (non-hydrogen) atoms. The highest BCUT2D eigenvalue weighted by Gasteiger charge is 2.68. The first-order valence-electron chi connectivity index (χ1n) is 7.80. The number of ketones is 1. The first kappa shape index (κ1) is 16.4. The van der Waals surface area contributed by atoms with E-state index in [4.69, 9.17) is 10.5 Å². The molecule has 1 saturated carbocycles. The number of phenols is 1. The summed E-state index contributed by atoms with van der Waals surface area (Å²) in [6.45, 7) is -0.226. The van der Waals surface area contributed by atoms with Crippen molar-refractivity contribution in [2.24, 2.45) is 5.73 Å². The van der Waals surface area contributed by atoms with E-state index in [1.807, 2.05) is 0 Å². The van der Waals surface area contributed by atoms with Crippen LogP contribution in [-0.2, 0) is 25.5 Å². The van der Waals surface area contributed by atoms with Crippen LogP contribution in [0.4, 0.5) is 0 Å². The Labute approximate surface area is 139 Å². The Morgan fingerprint density at radius 3 is 2.88 bits per heavy atom. The second-order valence-corrected chi connectivity index (χ2v) is 6.23. The summed E-state index contributed by atoms with van der Waals surface area (Å²) < 4.78 is 5.44. The van der Waals surface area contributed by atoms with Gasteiger partial charge >= 0.3 is 0 Å². The molecule has 1 radical (unpaired) electrons. The number of nitrogens with one attached hydrogen (secondary N) is 1. The number of primary amides is 1. The molecule has 1 aliphatic carbocycles. The topological polar surface area (TPSA) is 119 Å². The van der Waals surface area contributed by atoms with Gasteiger partial charge in [0.15, 0.2) is 11.4 Å². The van der Waals surface area contributed by atoms with Crippen LogP contribution in [0.25, 0.3) is 0 Å². The molecule has 4 N–H and O–H groups in total. The average Bonchev–Trinajstić information content (AvgIpc) is 3.02. The zero-order valence-corrected chi connectivity index (χ0v) is 13.1. The van der Waals surface area contributed by atoms with E-state index in [2.05, 4.69) is 5.32 Å². The van der Waals surface area contributed by atoms with Gasteiger partial charge in [0, 0.05) is 0 Å². The zero-order chi connectivity index (χ0) is 17.4. The number of fused-ring (bicyclic) bond motifs is 1. The molecular formula is C17H19N2O5. The van der Waals surface area contributed by atoms with Crippen molar-refractivity contribution in [2.75, 3.05) is 6.61 Å². The van der Waals surface area contributed by atoms with Crippen molar-refractivity contribution < 1.29 is 24.2 Å². The number of benzene rings is 1. The molecule has 7 heteroatoms. The second kappa shape index (κ2) is 5.90. The minimum atomic E-state index is -1.45. The molecule has 1 heterocycles. The van der Waals surface area contributed by atoms with Crippen LogP contribution in [0, 0.1) is 6.42 Å². The number of amides is 2. The van der Waals surface area contributed by atoms with Crippen LogP contribution >= 0.6 is 0 Å². The number of hydrogen-bond donors (Lipinski definition) is 3. The molecular weight excluding hydrogens is 312 g/mol.